The van der Waals surface area contributed by atoms with Crippen LogP contribution in [0.4, 0.5) is 26.3 Å². The van der Waals surface area contributed by atoms with Gasteiger partial charge in [-0.25, -0.2) is 0 Å². The molecule has 2 rings (SSSR count). The van der Waals surface area contributed by atoms with Gasteiger partial charge in [-0.3, -0.25) is 0 Å². The Kier molecular flexibility index (Phi) is 4.07. The molecule has 1 aromatic rings. The molecular weight excluding hydrogens is 304 g/mol. The summed E-state index contributed by atoms with van der Waals surface area (Å²) in [4.78, 5) is 0. The van der Waals surface area contributed by atoms with Crippen molar-refractivity contribution in [2.75, 3.05) is 13.1 Å². The van der Waals surface area contributed by atoms with E-state index in [1.807, 2.05) is 0 Å². The predicted octanol–water partition coefficient (Wildman–Crippen LogP) is 2.44. The molecule has 0 aromatic heterocycles. The molecule has 1 aromatic carbocycles. The minimum atomic E-state index is -4.92. The first-order valence-corrected chi connectivity index (χ1v) is 5.92. The van der Waals surface area contributed by atoms with Gasteiger partial charge in [0.05, 0.1) is 11.1 Å². The van der Waals surface area contributed by atoms with Crippen LogP contribution < -0.4 is 10.1 Å². The average Bonchev–Trinajstić information content (AvgIpc) is 2.72. The Morgan fingerprint density at radius 2 is 1.48 bits per heavy atom. The quantitative estimate of drug-likeness (QED) is 0.824. The monoisotopic (exact) mass is 315 g/mol. The molecule has 2 unspecified atom stereocenters. The Balaban J connectivity index is 2.36. The highest BCUT2D eigenvalue weighted by Crippen LogP contribution is 2.38. The third kappa shape index (κ3) is 3.79. The van der Waals surface area contributed by atoms with Crippen LogP contribution in [0.25, 0.3) is 0 Å². The summed E-state index contributed by atoms with van der Waals surface area (Å²) >= 11 is 0. The molecule has 0 spiro atoms. The number of β-amino-alcohol motifs (C(OH)–C–C–N with tert-alkyl or cyclic N) is 1. The van der Waals surface area contributed by atoms with Crippen molar-refractivity contribution in [1.82, 2.24) is 5.32 Å². The number of ether oxygens (including phenoxy) is 1. The molecule has 0 radical (unpaired) electrons. The lowest BCUT2D eigenvalue weighted by Gasteiger charge is -2.19. The highest BCUT2D eigenvalue weighted by molar-refractivity contribution is 5.37. The summed E-state index contributed by atoms with van der Waals surface area (Å²) in [5.41, 5.74) is -2.90. The molecule has 1 saturated heterocycles. The van der Waals surface area contributed by atoms with Crippen LogP contribution in [0.5, 0.6) is 5.75 Å². The summed E-state index contributed by atoms with van der Waals surface area (Å²) in [7, 11) is 0. The highest BCUT2D eigenvalue weighted by atomic mass is 19.4. The molecule has 3 nitrogen and oxygen atoms in total. The average molecular weight is 315 g/mol. The topological polar surface area (TPSA) is 41.5 Å². The lowest BCUT2D eigenvalue weighted by atomic mass is 10.1. The number of rotatable bonds is 2. The lowest BCUT2D eigenvalue weighted by Crippen LogP contribution is -2.30. The molecule has 1 aliphatic heterocycles. The smallest absolute Gasteiger partial charge is 0.416 e. The van der Waals surface area contributed by atoms with Crippen molar-refractivity contribution in [3.63, 3.8) is 0 Å². The fraction of sp³-hybridized carbons (Fsp3) is 0.500. The first-order valence-electron chi connectivity index (χ1n) is 5.92. The second kappa shape index (κ2) is 5.38. The molecule has 1 fully saturated rings. The third-order valence-electron chi connectivity index (χ3n) is 2.98. The lowest BCUT2D eigenvalue weighted by molar-refractivity contribution is -0.143. The maximum absolute atomic E-state index is 12.6. The molecule has 2 N–H and O–H groups in total. The number of aliphatic hydroxyl groups is 1. The van der Waals surface area contributed by atoms with E-state index < -0.39 is 41.4 Å². The molecule has 0 saturated carbocycles. The molecule has 0 amide bonds. The summed E-state index contributed by atoms with van der Waals surface area (Å²) in [5.74, 6) is -0.579. The summed E-state index contributed by atoms with van der Waals surface area (Å²) in [5, 5.41) is 12.2. The van der Waals surface area contributed by atoms with Crippen molar-refractivity contribution in [2.24, 2.45) is 0 Å². The molecule has 0 bridgehead atoms. The van der Waals surface area contributed by atoms with Gasteiger partial charge in [-0.2, -0.15) is 26.3 Å². The van der Waals surface area contributed by atoms with E-state index in [4.69, 9.17) is 4.74 Å². The molecule has 2 atom stereocenters. The van der Waals surface area contributed by atoms with Crippen LogP contribution in [0.15, 0.2) is 18.2 Å². The zero-order valence-electron chi connectivity index (χ0n) is 10.4. The number of aliphatic hydroxyl groups excluding tert-OH is 1. The highest BCUT2D eigenvalue weighted by Gasteiger charge is 2.38. The van der Waals surface area contributed by atoms with Gasteiger partial charge in [-0.05, 0) is 18.2 Å². The largest absolute Gasteiger partial charge is 0.486 e. The fourth-order valence-corrected chi connectivity index (χ4v) is 1.93. The number of halogens is 6. The molecule has 0 aliphatic carbocycles. The van der Waals surface area contributed by atoms with E-state index in [1.54, 1.807) is 0 Å². The minimum Gasteiger partial charge on any atom is -0.486 e. The van der Waals surface area contributed by atoms with Crippen molar-refractivity contribution >= 4 is 0 Å². The number of benzene rings is 1. The maximum atomic E-state index is 12.6. The van der Waals surface area contributed by atoms with Gasteiger partial charge in [-0.15, -0.1) is 0 Å². The zero-order valence-corrected chi connectivity index (χ0v) is 10.4. The normalized spacial score (nSPS) is 23.4. The zero-order chi connectivity index (χ0) is 15.8. The second-order valence-corrected chi connectivity index (χ2v) is 4.62. The van der Waals surface area contributed by atoms with Crippen LogP contribution in [0.1, 0.15) is 11.1 Å². The van der Waals surface area contributed by atoms with Gasteiger partial charge in [0.1, 0.15) is 18.0 Å². The van der Waals surface area contributed by atoms with Gasteiger partial charge >= 0.3 is 12.4 Å². The van der Waals surface area contributed by atoms with E-state index in [2.05, 4.69) is 5.32 Å². The molecule has 9 heteroatoms. The SMILES string of the molecule is OC1CNCC1Oc1cc(C(F)(F)F)cc(C(F)(F)F)c1. The van der Waals surface area contributed by atoms with E-state index >= 15 is 0 Å². The summed E-state index contributed by atoms with van der Waals surface area (Å²) < 4.78 is 80.9. The van der Waals surface area contributed by atoms with Gasteiger partial charge in [0, 0.05) is 13.1 Å². The van der Waals surface area contributed by atoms with Crippen LogP contribution >= 0.6 is 0 Å². The molecule has 118 valence electrons. The Hall–Kier alpha value is -1.48. The molecule has 1 aliphatic rings. The van der Waals surface area contributed by atoms with Crippen molar-refractivity contribution in [2.45, 2.75) is 24.6 Å². The van der Waals surface area contributed by atoms with Gasteiger partial charge in [0.15, 0.2) is 0 Å². The van der Waals surface area contributed by atoms with Gasteiger partial charge in [0.2, 0.25) is 0 Å². The van der Waals surface area contributed by atoms with Gasteiger partial charge in [0.25, 0.3) is 0 Å². The summed E-state index contributed by atoms with van der Waals surface area (Å²) in [6, 6.07) is 0.997. The first kappa shape index (κ1) is 15.9. The van der Waals surface area contributed by atoms with Gasteiger partial charge < -0.3 is 15.2 Å². The molecule has 1 heterocycles. The second-order valence-electron chi connectivity index (χ2n) is 4.62. The Morgan fingerprint density at radius 1 is 0.952 bits per heavy atom. The predicted molar refractivity (Wildman–Crippen MR) is 59.7 cm³/mol. The van der Waals surface area contributed by atoms with Crippen LogP contribution in [0.3, 0.4) is 0 Å². The Morgan fingerprint density at radius 3 is 1.86 bits per heavy atom. The van der Waals surface area contributed by atoms with Crippen LogP contribution in [0.2, 0.25) is 0 Å². The fourth-order valence-electron chi connectivity index (χ4n) is 1.93. The number of hydrogen-bond donors (Lipinski definition) is 2. The van der Waals surface area contributed by atoms with Crippen molar-refractivity contribution in [3.05, 3.63) is 29.3 Å². The Labute approximate surface area is 115 Å². The van der Waals surface area contributed by atoms with E-state index in [9.17, 15) is 31.4 Å². The van der Waals surface area contributed by atoms with Crippen molar-refractivity contribution in [3.8, 4) is 5.75 Å². The number of nitrogens with one attached hydrogen (secondary N) is 1. The van der Waals surface area contributed by atoms with Crippen LogP contribution in [-0.4, -0.2) is 30.4 Å². The molecular formula is C12H11F6NO2. The Bertz CT molecular complexity index is 481. The van der Waals surface area contributed by atoms with Crippen molar-refractivity contribution < 1.29 is 36.2 Å². The van der Waals surface area contributed by atoms with Crippen molar-refractivity contribution in [1.29, 1.82) is 0 Å². The standard InChI is InChI=1S/C12H11F6NO2/c13-11(14,15)6-1-7(12(16,17)18)3-8(2-6)21-10-5-19-4-9(10)20/h1-3,9-10,19-20H,4-5H2. The summed E-state index contributed by atoms with van der Waals surface area (Å²) in [6.45, 7) is 0.300. The van der Waals surface area contributed by atoms with Crippen LogP contribution in [0, 0.1) is 0 Å². The summed E-state index contributed by atoms with van der Waals surface area (Å²) in [6.07, 6.45) is -11.7. The van der Waals surface area contributed by atoms with E-state index in [-0.39, 0.29) is 19.2 Å². The van der Waals surface area contributed by atoms with Gasteiger partial charge in [-0.1, -0.05) is 0 Å². The van der Waals surface area contributed by atoms with E-state index in [1.165, 1.54) is 0 Å². The maximum Gasteiger partial charge on any atom is 0.416 e. The number of alkyl halides is 6. The third-order valence-corrected chi connectivity index (χ3v) is 2.98. The van der Waals surface area contributed by atoms with Crippen LogP contribution in [-0.2, 0) is 12.4 Å². The number of hydrogen-bond acceptors (Lipinski definition) is 3. The minimum absolute atomic E-state index is 0.0240. The molecule has 21 heavy (non-hydrogen) atoms. The van der Waals surface area contributed by atoms with E-state index in [0.29, 0.717) is 12.1 Å². The van der Waals surface area contributed by atoms with E-state index in [0.717, 1.165) is 0 Å². The first-order chi connectivity index (χ1) is 9.57.